The van der Waals surface area contributed by atoms with E-state index in [1.807, 2.05) is 13.8 Å². The molecule has 1 heterocycles. The van der Waals surface area contributed by atoms with Gasteiger partial charge < -0.3 is 4.74 Å². The van der Waals surface area contributed by atoms with E-state index in [4.69, 9.17) is 16.3 Å². The lowest BCUT2D eigenvalue weighted by atomic mass is 10.0. The minimum atomic E-state index is -3.81. The first-order valence-corrected chi connectivity index (χ1v) is 10.3. The van der Waals surface area contributed by atoms with Crippen LogP contribution in [0.4, 0.5) is 4.39 Å². The molecule has 0 fully saturated rings. The van der Waals surface area contributed by atoms with Crippen LogP contribution in [0.5, 0.6) is 5.75 Å². The average Bonchev–Trinajstić information content (AvgIpc) is 2.67. The average molecular weight is 398 g/mol. The smallest absolute Gasteiger partial charge is 0.247 e. The van der Waals surface area contributed by atoms with Crippen LogP contribution >= 0.6 is 11.6 Å². The van der Waals surface area contributed by atoms with Crippen LogP contribution in [0.1, 0.15) is 25.8 Å². The van der Waals surface area contributed by atoms with Crippen LogP contribution in [0.25, 0.3) is 0 Å². The zero-order chi connectivity index (χ0) is 18.9. The number of hydrogen-bond donors (Lipinski definition) is 0. The molecule has 0 N–H and O–H groups in total. The highest BCUT2D eigenvalue weighted by molar-refractivity contribution is 7.89. The van der Waals surface area contributed by atoms with Crippen molar-refractivity contribution in [3.8, 4) is 5.75 Å². The van der Waals surface area contributed by atoms with Crippen LogP contribution < -0.4 is 4.74 Å². The molecule has 0 amide bonds. The number of para-hydroxylation sites is 1. The van der Waals surface area contributed by atoms with Crippen LogP contribution in [-0.2, 0) is 16.6 Å². The molecule has 140 valence electrons. The topological polar surface area (TPSA) is 46.6 Å². The number of hydrogen-bond acceptors (Lipinski definition) is 3. The number of nitrogens with zero attached hydrogens (tertiary/aromatic N) is 1. The van der Waals surface area contributed by atoms with Crippen molar-refractivity contribution in [3.05, 3.63) is 58.9 Å². The Labute approximate surface area is 158 Å². The quantitative estimate of drug-likeness (QED) is 0.764. The van der Waals surface area contributed by atoms with Crippen molar-refractivity contribution >= 4 is 21.6 Å². The lowest BCUT2D eigenvalue weighted by Crippen LogP contribution is -2.42. The van der Waals surface area contributed by atoms with Crippen LogP contribution in [0.15, 0.2) is 47.4 Å². The molecular weight excluding hydrogens is 377 g/mol. The minimum Gasteiger partial charge on any atom is -0.489 e. The van der Waals surface area contributed by atoms with E-state index in [1.54, 1.807) is 24.3 Å². The minimum absolute atomic E-state index is 0.0679. The van der Waals surface area contributed by atoms with Crippen molar-refractivity contribution in [1.29, 1.82) is 0 Å². The van der Waals surface area contributed by atoms with E-state index in [0.717, 1.165) is 0 Å². The second kappa shape index (κ2) is 7.55. The summed E-state index contributed by atoms with van der Waals surface area (Å²) in [5.41, 5.74) is 0.717. The molecule has 0 radical (unpaired) electrons. The molecule has 0 unspecified atom stereocenters. The van der Waals surface area contributed by atoms with E-state index >= 15 is 0 Å². The summed E-state index contributed by atoms with van der Waals surface area (Å²) >= 11 is 6.17. The summed E-state index contributed by atoms with van der Waals surface area (Å²) in [7, 11) is -3.81. The summed E-state index contributed by atoms with van der Waals surface area (Å²) in [5.74, 6) is 0.127. The van der Waals surface area contributed by atoms with Crippen molar-refractivity contribution in [2.24, 2.45) is 5.92 Å². The fourth-order valence-corrected chi connectivity index (χ4v) is 5.18. The van der Waals surface area contributed by atoms with E-state index in [1.165, 1.54) is 22.5 Å². The Kier molecular flexibility index (Phi) is 5.55. The SMILES string of the molecule is CC(C)C[C@H]1COc2c(Cl)cccc2S(=O)(=O)N1Cc1ccc(F)cc1. The molecule has 0 aliphatic carbocycles. The summed E-state index contributed by atoms with van der Waals surface area (Å²) in [6.45, 7) is 4.44. The first-order valence-electron chi connectivity index (χ1n) is 8.46. The summed E-state index contributed by atoms with van der Waals surface area (Å²) < 4.78 is 47.2. The fourth-order valence-electron chi connectivity index (χ4n) is 3.13. The lowest BCUT2D eigenvalue weighted by molar-refractivity contribution is 0.187. The molecule has 0 bridgehead atoms. The predicted molar refractivity (Wildman–Crippen MR) is 99.3 cm³/mol. The van der Waals surface area contributed by atoms with Gasteiger partial charge in [0.1, 0.15) is 17.3 Å². The first-order chi connectivity index (χ1) is 12.3. The third kappa shape index (κ3) is 3.87. The number of sulfonamides is 1. The Morgan fingerprint density at radius 1 is 1.23 bits per heavy atom. The highest BCUT2D eigenvalue weighted by atomic mass is 35.5. The summed E-state index contributed by atoms with van der Waals surface area (Å²) in [6.07, 6.45) is 0.645. The molecule has 1 aliphatic heterocycles. The Morgan fingerprint density at radius 2 is 1.92 bits per heavy atom. The first kappa shape index (κ1) is 19.1. The number of halogens is 2. The monoisotopic (exact) mass is 397 g/mol. The number of fused-ring (bicyclic) bond motifs is 1. The summed E-state index contributed by atoms with van der Waals surface area (Å²) in [6, 6.07) is 10.2. The standard InChI is InChI=1S/C19H21ClFNO3S/c1-13(2)10-16-12-25-19-17(20)4-3-5-18(19)26(23,24)22(16)11-14-6-8-15(21)9-7-14/h3-9,13,16H,10-12H2,1-2H3/t16-/m0/s1. The van der Waals surface area contributed by atoms with Gasteiger partial charge in [-0.3, -0.25) is 0 Å². The maximum absolute atomic E-state index is 13.4. The Balaban J connectivity index is 2.06. The number of benzene rings is 2. The molecule has 0 saturated heterocycles. The van der Waals surface area contributed by atoms with Gasteiger partial charge >= 0.3 is 0 Å². The Hall–Kier alpha value is -1.63. The van der Waals surface area contributed by atoms with Crippen LogP contribution in [0, 0.1) is 11.7 Å². The molecule has 2 aromatic rings. The van der Waals surface area contributed by atoms with Gasteiger partial charge in [-0.25, -0.2) is 12.8 Å². The van der Waals surface area contributed by atoms with Crippen LogP contribution in [0.3, 0.4) is 0 Å². The van der Waals surface area contributed by atoms with Gasteiger partial charge in [0.2, 0.25) is 10.0 Å². The molecule has 3 rings (SSSR count). The van der Waals surface area contributed by atoms with Crippen molar-refractivity contribution in [3.63, 3.8) is 0 Å². The normalized spacial score (nSPS) is 19.7. The Bertz CT molecular complexity index is 884. The van der Waals surface area contributed by atoms with Crippen molar-refractivity contribution in [2.75, 3.05) is 6.61 Å². The number of ether oxygens (including phenoxy) is 1. The Morgan fingerprint density at radius 3 is 2.58 bits per heavy atom. The van der Waals surface area contributed by atoms with Gasteiger partial charge in [0, 0.05) is 6.54 Å². The van der Waals surface area contributed by atoms with Crippen LogP contribution in [0.2, 0.25) is 5.02 Å². The molecule has 26 heavy (non-hydrogen) atoms. The third-order valence-electron chi connectivity index (χ3n) is 4.34. The molecule has 0 spiro atoms. The summed E-state index contributed by atoms with van der Waals surface area (Å²) in [4.78, 5) is 0.0679. The predicted octanol–water partition coefficient (Wildman–Crippen LogP) is 4.48. The molecular formula is C19H21ClFNO3S. The van der Waals surface area contributed by atoms with Crippen molar-refractivity contribution < 1.29 is 17.5 Å². The van der Waals surface area contributed by atoms with Gasteiger partial charge in [-0.05, 0) is 42.2 Å². The van der Waals surface area contributed by atoms with E-state index in [0.29, 0.717) is 12.0 Å². The highest BCUT2D eigenvalue weighted by Gasteiger charge is 2.38. The largest absolute Gasteiger partial charge is 0.489 e. The molecule has 0 aromatic heterocycles. The zero-order valence-corrected chi connectivity index (χ0v) is 16.2. The van der Waals surface area contributed by atoms with E-state index in [-0.39, 0.29) is 46.6 Å². The highest BCUT2D eigenvalue weighted by Crippen LogP contribution is 2.38. The maximum atomic E-state index is 13.4. The lowest BCUT2D eigenvalue weighted by Gasteiger charge is -2.29. The molecule has 1 aliphatic rings. The van der Waals surface area contributed by atoms with E-state index in [2.05, 4.69) is 0 Å². The van der Waals surface area contributed by atoms with Gasteiger partial charge in [-0.1, -0.05) is 43.6 Å². The molecule has 2 aromatic carbocycles. The second-order valence-electron chi connectivity index (χ2n) is 6.84. The third-order valence-corrected chi connectivity index (χ3v) is 6.56. The van der Waals surface area contributed by atoms with Gasteiger partial charge in [0.15, 0.2) is 5.75 Å². The van der Waals surface area contributed by atoms with Gasteiger partial charge in [-0.15, -0.1) is 0 Å². The molecule has 1 atom stereocenters. The molecule has 7 heteroatoms. The van der Waals surface area contributed by atoms with E-state index < -0.39 is 10.0 Å². The van der Waals surface area contributed by atoms with Gasteiger partial charge in [0.05, 0.1) is 11.1 Å². The molecule has 0 saturated carbocycles. The van der Waals surface area contributed by atoms with E-state index in [9.17, 15) is 12.8 Å². The van der Waals surface area contributed by atoms with Gasteiger partial charge in [-0.2, -0.15) is 4.31 Å². The molecule has 4 nitrogen and oxygen atoms in total. The second-order valence-corrected chi connectivity index (χ2v) is 9.10. The zero-order valence-electron chi connectivity index (χ0n) is 14.7. The summed E-state index contributed by atoms with van der Waals surface area (Å²) in [5, 5.41) is 0.276. The maximum Gasteiger partial charge on any atom is 0.247 e. The van der Waals surface area contributed by atoms with Crippen LogP contribution in [-0.4, -0.2) is 25.4 Å². The van der Waals surface area contributed by atoms with Gasteiger partial charge in [0.25, 0.3) is 0 Å². The van der Waals surface area contributed by atoms with Crippen molar-refractivity contribution in [2.45, 2.75) is 37.8 Å². The fraction of sp³-hybridized carbons (Fsp3) is 0.368. The number of rotatable bonds is 4. The van der Waals surface area contributed by atoms with Crippen molar-refractivity contribution in [1.82, 2.24) is 4.31 Å².